The van der Waals surface area contributed by atoms with Gasteiger partial charge in [0.1, 0.15) is 17.9 Å². The summed E-state index contributed by atoms with van der Waals surface area (Å²) in [5, 5.41) is 14.0. The third kappa shape index (κ3) is 3.63. The number of nitro benzene ring substituents is 1. The standard InChI is InChI=1S/C19H18ClN3O5/c1-19(2)10-28-16-7-5-12(9-15(16)22(3)18(19)25)21-17(24)13-8-11(20)4-6-14(13)23(26)27/h4-9H,10H2,1-3H3,(H,21,24). The highest BCUT2D eigenvalue weighted by atomic mass is 35.5. The number of halogens is 1. The molecule has 9 heteroatoms. The number of anilines is 2. The summed E-state index contributed by atoms with van der Waals surface area (Å²) in [5.74, 6) is -0.300. The average molecular weight is 404 g/mol. The lowest BCUT2D eigenvalue weighted by atomic mass is 9.93. The van der Waals surface area contributed by atoms with Gasteiger partial charge in [0.05, 0.1) is 16.0 Å². The molecule has 1 heterocycles. The second-order valence-electron chi connectivity index (χ2n) is 7.09. The van der Waals surface area contributed by atoms with E-state index < -0.39 is 16.2 Å². The zero-order chi connectivity index (χ0) is 20.6. The van der Waals surface area contributed by atoms with Crippen LogP contribution in [-0.2, 0) is 4.79 Å². The van der Waals surface area contributed by atoms with Crippen molar-refractivity contribution >= 4 is 40.5 Å². The second kappa shape index (κ2) is 7.12. The Morgan fingerprint density at radius 1 is 1.29 bits per heavy atom. The van der Waals surface area contributed by atoms with Crippen LogP contribution in [0.1, 0.15) is 24.2 Å². The maximum Gasteiger partial charge on any atom is 0.282 e. The molecule has 8 nitrogen and oxygen atoms in total. The summed E-state index contributed by atoms with van der Waals surface area (Å²) in [4.78, 5) is 37.2. The van der Waals surface area contributed by atoms with Crippen LogP contribution in [0.5, 0.6) is 5.75 Å². The Morgan fingerprint density at radius 3 is 2.68 bits per heavy atom. The summed E-state index contributed by atoms with van der Waals surface area (Å²) in [6.07, 6.45) is 0. The van der Waals surface area contributed by atoms with Crippen molar-refractivity contribution in [3.8, 4) is 5.75 Å². The van der Waals surface area contributed by atoms with Crippen molar-refractivity contribution in [2.75, 3.05) is 23.9 Å². The predicted molar refractivity (Wildman–Crippen MR) is 105 cm³/mol. The van der Waals surface area contributed by atoms with E-state index in [1.807, 2.05) is 0 Å². The first-order chi connectivity index (χ1) is 13.1. The largest absolute Gasteiger partial charge is 0.490 e. The first kappa shape index (κ1) is 19.6. The molecule has 0 fully saturated rings. The number of amides is 2. The van der Waals surface area contributed by atoms with Crippen LogP contribution in [0.25, 0.3) is 0 Å². The maximum atomic E-state index is 12.6. The summed E-state index contributed by atoms with van der Waals surface area (Å²) in [6.45, 7) is 3.81. The minimum Gasteiger partial charge on any atom is -0.490 e. The number of nitrogens with one attached hydrogen (secondary N) is 1. The number of nitrogens with zero attached hydrogens (tertiary/aromatic N) is 2. The smallest absolute Gasteiger partial charge is 0.282 e. The van der Waals surface area contributed by atoms with E-state index in [-0.39, 0.29) is 28.8 Å². The van der Waals surface area contributed by atoms with E-state index in [0.29, 0.717) is 17.1 Å². The monoisotopic (exact) mass is 403 g/mol. The number of hydrogen-bond donors (Lipinski definition) is 1. The Kier molecular flexibility index (Phi) is 4.99. The molecule has 2 aromatic rings. The summed E-state index contributed by atoms with van der Waals surface area (Å²) >= 11 is 5.88. The molecule has 2 aromatic carbocycles. The van der Waals surface area contributed by atoms with E-state index in [1.165, 1.54) is 23.1 Å². The van der Waals surface area contributed by atoms with Crippen LogP contribution >= 0.6 is 11.6 Å². The van der Waals surface area contributed by atoms with Crippen LogP contribution in [-0.4, -0.2) is 30.4 Å². The third-order valence-electron chi connectivity index (χ3n) is 4.45. The highest BCUT2D eigenvalue weighted by Crippen LogP contribution is 2.37. The highest BCUT2D eigenvalue weighted by molar-refractivity contribution is 6.31. The van der Waals surface area contributed by atoms with Crippen molar-refractivity contribution in [2.24, 2.45) is 5.41 Å². The lowest BCUT2D eigenvalue weighted by Crippen LogP contribution is -2.39. The Hall–Kier alpha value is -3.13. The molecule has 0 aromatic heterocycles. The lowest BCUT2D eigenvalue weighted by Gasteiger charge is -2.24. The fourth-order valence-corrected chi connectivity index (χ4v) is 3.08. The first-order valence-corrected chi connectivity index (χ1v) is 8.78. The van der Waals surface area contributed by atoms with E-state index in [1.54, 1.807) is 39.1 Å². The molecular formula is C19H18ClN3O5. The van der Waals surface area contributed by atoms with Crippen LogP contribution in [0, 0.1) is 15.5 Å². The van der Waals surface area contributed by atoms with Gasteiger partial charge in [0.2, 0.25) is 5.91 Å². The molecule has 1 aliphatic heterocycles. The highest BCUT2D eigenvalue weighted by Gasteiger charge is 2.36. The van der Waals surface area contributed by atoms with Gasteiger partial charge in [-0.25, -0.2) is 0 Å². The van der Waals surface area contributed by atoms with E-state index in [9.17, 15) is 19.7 Å². The van der Waals surface area contributed by atoms with Crippen LogP contribution in [0.3, 0.4) is 0 Å². The Morgan fingerprint density at radius 2 is 2.00 bits per heavy atom. The lowest BCUT2D eigenvalue weighted by molar-refractivity contribution is -0.385. The van der Waals surface area contributed by atoms with Gasteiger partial charge >= 0.3 is 0 Å². The van der Waals surface area contributed by atoms with E-state index in [4.69, 9.17) is 16.3 Å². The molecule has 0 saturated heterocycles. The number of carbonyl (C=O) groups is 2. The summed E-state index contributed by atoms with van der Waals surface area (Å²) in [5.41, 5.74) is -0.350. The van der Waals surface area contributed by atoms with Crippen molar-refractivity contribution < 1.29 is 19.2 Å². The summed E-state index contributed by atoms with van der Waals surface area (Å²) in [6, 6.07) is 8.59. The van der Waals surface area contributed by atoms with Gasteiger partial charge in [-0.05, 0) is 44.2 Å². The zero-order valence-corrected chi connectivity index (χ0v) is 16.2. The second-order valence-corrected chi connectivity index (χ2v) is 7.53. The topological polar surface area (TPSA) is 102 Å². The van der Waals surface area contributed by atoms with Gasteiger partial charge < -0.3 is 15.0 Å². The fourth-order valence-electron chi connectivity index (χ4n) is 2.91. The molecule has 3 rings (SSSR count). The van der Waals surface area contributed by atoms with Crippen molar-refractivity contribution in [3.63, 3.8) is 0 Å². The van der Waals surface area contributed by atoms with Crippen LogP contribution in [0.15, 0.2) is 36.4 Å². The molecule has 28 heavy (non-hydrogen) atoms. The number of nitro groups is 1. The molecule has 1 aliphatic rings. The zero-order valence-electron chi connectivity index (χ0n) is 15.5. The van der Waals surface area contributed by atoms with Gasteiger partial charge in [-0.1, -0.05) is 11.6 Å². The average Bonchev–Trinajstić information content (AvgIpc) is 2.72. The Bertz CT molecular complexity index is 990. The Balaban J connectivity index is 1.93. The number of hydrogen-bond acceptors (Lipinski definition) is 5. The molecule has 0 aliphatic carbocycles. The van der Waals surface area contributed by atoms with E-state index in [0.717, 1.165) is 0 Å². The maximum absolute atomic E-state index is 12.6. The third-order valence-corrected chi connectivity index (χ3v) is 4.69. The number of fused-ring (bicyclic) bond motifs is 1. The minimum absolute atomic E-state index is 0.125. The molecule has 0 saturated carbocycles. The minimum atomic E-state index is -0.696. The molecular weight excluding hydrogens is 386 g/mol. The molecule has 2 amide bonds. The summed E-state index contributed by atoms with van der Waals surface area (Å²) < 4.78 is 5.73. The van der Waals surface area contributed by atoms with Crippen LogP contribution in [0.4, 0.5) is 17.1 Å². The van der Waals surface area contributed by atoms with Gasteiger partial charge in [-0.2, -0.15) is 0 Å². The first-order valence-electron chi connectivity index (χ1n) is 8.40. The fraction of sp³-hybridized carbons (Fsp3) is 0.263. The van der Waals surface area contributed by atoms with Gasteiger partial charge in [0.25, 0.3) is 11.6 Å². The molecule has 0 bridgehead atoms. The molecule has 1 N–H and O–H groups in total. The summed E-state index contributed by atoms with van der Waals surface area (Å²) in [7, 11) is 1.63. The SMILES string of the molecule is CN1C(=O)C(C)(C)COc2ccc(NC(=O)c3cc(Cl)ccc3[N+](=O)[O-])cc21. The number of ether oxygens (including phenoxy) is 1. The van der Waals surface area contributed by atoms with Crippen molar-refractivity contribution in [1.29, 1.82) is 0 Å². The van der Waals surface area contributed by atoms with Crippen LogP contribution < -0.4 is 15.0 Å². The van der Waals surface area contributed by atoms with Gasteiger partial charge in [-0.3, -0.25) is 19.7 Å². The molecule has 0 unspecified atom stereocenters. The Labute approximate surface area is 166 Å². The van der Waals surface area contributed by atoms with Gasteiger partial charge in [0.15, 0.2) is 0 Å². The molecule has 0 radical (unpaired) electrons. The molecule has 0 atom stereocenters. The number of carbonyl (C=O) groups excluding carboxylic acids is 2. The predicted octanol–water partition coefficient (Wildman–Crippen LogP) is 3.88. The molecule has 0 spiro atoms. The van der Waals surface area contributed by atoms with Crippen molar-refractivity contribution in [2.45, 2.75) is 13.8 Å². The normalized spacial score (nSPS) is 15.3. The van der Waals surface area contributed by atoms with E-state index >= 15 is 0 Å². The quantitative estimate of drug-likeness (QED) is 0.618. The van der Waals surface area contributed by atoms with E-state index in [2.05, 4.69) is 5.32 Å². The van der Waals surface area contributed by atoms with Crippen LogP contribution in [0.2, 0.25) is 5.02 Å². The van der Waals surface area contributed by atoms with Gasteiger partial charge in [-0.15, -0.1) is 0 Å². The number of rotatable bonds is 3. The molecule has 146 valence electrons. The van der Waals surface area contributed by atoms with Crippen molar-refractivity contribution in [1.82, 2.24) is 0 Å². The van der Waals surface area contributed by atoms with Crippen molar-refractivity contribution in [3.05, 3.63) is 57.1 Å². The van der Waals surface area contributed by atoms with Gasteiger partial charge in [0, 0.05) is 23.8 Å². The number of benzene rings is 2.